The molecule has 1 unspecified atom stereocenters. The number of hydrogen-bond acceptors (Lipinski definition) is 3. The molecule has 0 saturated heterocycles. The third-order valence-corrected chi connectivity index (χ3v) is 2.68. The number of nitrogens with one attached hydrogen (secondary N) is 1. The molecule has 0 radical (unpaired) electrons. The van der Waals surface area contributed by atoms with Crippen molar-refractivity contribution >= 4 is 0 Å². The molecule has 1 aromatic carbocycles. The molecule has 0 aliphatic rings. The molecule has 1 rings (SSSR count). The van der Waals surface area contributed by atoms with E-state index in [1.807, 2.05) is 32.0 Å². The molecule has 0 bridgehead atoms. The Morgan fingerprint density at radius 3 is 2.71 bits per heavy atom. The van der Waals surface area contributed by atoms with Crippen LogP contribution in [0.4, 0.5) is 4.39 Å². The monoisotopic (exact) mass is 240 g/mol. The molecule has 96 valence electrons. The van der Waals surface area contributed by atoms with Gasteiger partial charge >= 0.3 is 0 Å². The Morgan fingerprint density at radius 1 is 1.41 bits per heavy atom. The van der Waals surface area contributed by atoms with Gasteiger partial charge in [0, 0.05) is 18.2 Å². The summed E-state index contributed by atoms with van der Waals surface area (Å²) in [5, 5.41) is 3.03. The van der Waals surface area contributed by atoms with Crippen molar-refractivity contribution in [1.29, 1.82) is 0 Å². The average molecular weight is 240 g/mol. The number of likely N-dealkylation sites (N-methyl/N-ethyl adjacent to an activating group) is 1. The molecule has 1 atom stereocenters. The molecule has 0 amide bonds. The fourth-order valence-electron chi connectivity index (χ4n) is 1.55. The lowest BCUT2D eigenvalue weighted by atomic mass is 10.1. The zero-order chi connectivity index (χ0) is 12.8. The van der Waals surface area contributed by atoms with Gasteiger partial charge < -0.3 is 15.0 Å². The van der Waals surface area contributed by atoms with Gasteiger partial charge in [0.1, 0.15) is 18.2 Å². The molecule has 0 aromatic heterocycles. The van der Waals surface area contributed by atoms with Crippen molar-refractivity contribution in [3.05, 3.63) is 29.6 Å². The summed E-state index contributed by atoms with van der Waals surface area (Å²) in [6, 6.07) is 4.88. The van der Waals surface area contributed by atoms with Crippen molar-refractivity contribution in [2.45, 2.75) is 13.0 Å². The van der Waals surface area contributed by atoms with Crippen LogP contribution in [0, 0.1) is 5.82 Å². The summed E-state index contributed by atoms with van der Waals surface area (Å²) < 4.78 is 19.4. The van der Waals surface area contributed by atoms with Gasteiger partial charge in [0.15, 0.2) is 0 Å². The van der Waals surface area contributed by atoms with E-state index in [9.17, 15) is 4.39 Å². The van der Waals surface area contributed by atoms with Crippen molar-refractivity contribution in [3.8, 4) is 5.75 Å². The summed E-state index contributed by atoms with van der Waals surface area (Å²) in [5.41, 5.74) is 0.591. The summed E-state index contributed by atoms with van der Waals surface area (Å²) in [6.45, 7) is 3.28. The number of hydrogen-bond donors (Lipinski definition) is 1. The first-order valence-electron chi connectivity index (χ1n) is 5.79. The van der Waals surface area contributed by atoms with Crippen molar-refractivity contribution < 1.29 is 9.13 Å². The Morgan fingerprint density at radius 2 is 2.12 bits per heavy atom. The molecule has 0 fully saturated rings. The predicted octanol–water partition coefficient (Wildman–Crippen LogP) is 2.05. The Balaban J connectivity index is 2.80. The molecule has 0 aliphatic carbocycles. The first-order chi connectivity index (χ1) is 8.06. The molecule has 0 heterocycles. The largest absolute Gasteiger partial charge is 0.492 e. The van der Waals surface area contributed by atoms with E-state index in [1.54, 1.807) is 13.1 Å². The van der Waals surface area contributed by atoms with E-state index in [0.29, 0.717) is 17.9 Å². The van der Waals surface area contributed by atoms with Crippen LogP contribution >= 0.6 is 0 Å². The summed E-state index contributed by atoms with van der Waals surface area (Å²) in [6.07, 6.45) is 0. The Labute approximate surface area is 103 Å². The van der Waals surface area contributed by atoms with Gasteiger partial charge in [0.2, 0.25) is 0 Å². The molecule has 17 heavy (non-hydrogen) atoms. The predicted molar refractivity (Wildman–Crippen MR) is 67.9 cm³/mol. The van der Waals surface area contributed by atoms with Gasteiger partial charge in [-0.05, 0) is 40.2 Å². The summed E-state index contributed by atoms with van der Waals surface area (Å²) in [4.78, 5) is 2.03. The van der Waals surface area contributed by atoms with Gasteiger partial charge in [-0.2, -0.15) is 0 Å². The molecule has 4 heteroatoms. The molecule has 0 saturated carbocycles. The van der Waals surface area contributed by atoms with Crippen LogP contribution in [0.1, 0.15) is 18.5 Å². The average Bonchev–Trinajstić information content (AvgIpc) is 2.28. The SMILES string of the molecule is CNC(C)c1c(F)cccc1OCCN(C)C. The van der Waals surface area contributed by atoms with Gasteiger partial charge in [0.25, 0.3) is 0 Å². The Hall–Kier alpha value is -1.13. The fourth-order valence-corrected chi connectivity index (χ4v) is 1.55. The summed E-state index contributed by atoms with van der Waals surface area (Å²) in [5.74, 6) is 0.392. The first kappa shape index (κ1) is 13.9. The van der Waals surface area contributed by atoms with Crippen molar-refractivity contribution in [2.75, 3.05) is 34.3 Å². The molecule has 0 spiro atoms. The highest BCUT2D eigenvalue weighted by Crippen LogP contribution is 2.27. The lowest BCUT2D eigenvalue weighted by molar-refractivity contribution is 0.256. The number of ether oxygens (including phenoxy) is 1. The van der Waals surface area contributed by atoms with Crippen LogP contribution in [0.2, 0.25) is 0 Å². The van der Waals surface area contributed by atoms with Crippen LogP contribution in [0.25, 0.3) is 0 Å². The van der Waals surface area contributed by atoms with E-state index >= 15 is 0 Å². The lowest BCUT2D eigenvalue weighted by Gasteiger charge is -2.18. The van der Waals surface area contributed by atoms with Crippen LogP contribution in [0.5, 0.6) is 5.75 Å². The summed E-state index contributed by atoms with van der Waals surface area (Å²) >= 11 is 0. The molecule has 1 aromatic rings. The second-order valence-corrected chi connectivity index (χ2v) is 4.31. The van der Waals surface area contributed by atoms with E-state index in [2.05, 4.69) is 5.32 Å². The molecular formula is C13H21FN2O. The Kier molecular flexibility index (Phi) is 5.38. The topological polar surface area (TPSA) is 24.5 Å². The smallest absolute Gasteiger partial charge is 0.131 e. The molecular weight excluding hydrogens is 219 g/mol. The van der Waals surface area contributed by atoms with E-state index in [4.69, 9.17) is 4.74 Å². The zero-order valence-electron chi connectivity index (χ0n) is 11.0. The molecule has 0 aliphatic heterocycles. The maximum Gasteiger partial charge on any atom is 0.131 e. The van der Waals surface area contributed by atoms with E-state index in [1.165, 1.54) is 6.07 Å². The van der Waals surface area contributed by atoms with Crippen LogP contribution in [0.15, 0.2) is 18.2 Å². The first-order valence-corrected chi connectivity index (χ1v) is 5.79. The number of nitrogens with zero attached hydrogens (tertiary/aromatic N) is 1. The van der Waals surface area contributed by atoms with E-state index in [-0.39, 0.29) is 11.9 Å². The number of halogens is 1. The lowest BCUT2D eigenvalue weighted by Crippen LogP contribution is -2.21. The minimum Gasteiger partial charge on any atom is -0.492 e. The van der Waals surface area contributed by atoms with Crippen molar-refractivity contribution in [2.24, 2.45) is 0 Å². The van der Waals surface area contributed by atoms with Crippen LogP contribution in [-0.2, 0) is 0 Å². The maximum absolute atomic E-state index is 13.7. The van der Waals surface area contributed by atoms with Gasteiger partial charge in [-0.25, -0.2) is 4.39 Å². The molecule has 3 nitrogen and oxygen atoms in total. The second-order valence-electron chi connectivity index (χ2n) is 4.31. The van der Waals surface area contributed by atoms with E-state index < -0.39 is 0 Å². The highest BCUT2D eigenvalue weighted by molar-refractivity contribution is 5.36. The normalized spacial score (nSPS) is 12.8. The highest BCUT2D eigenvalue weighted by Gasteiger charge is 2.15. The minimum atomic E-state index is -0.228. The van der Waals surface area contributed by atoms with Crippen LogP contribution in [0.3, 0.4) is 0 Å². The second kappa shape index (κ2) is 6.57. The minimum absolute atomic E-state index is 0.0643. The van der Waals surface area contributed by atoms with Gasteiger partial charge in [-0.15, -0.1) is 0 Å². The van der Waals surface area contributed by atoms with Crippen molar-refractivity contribution in [1.82, 2.24) is 10.2 Å². The number of benzene rings is 1. The van der Waals surface area contributed by atoms with Gasteiger partial charge in [-0.3, -0.25) is 0 Å². The molecule has 1 N–H and O–H groups in total. The van der Waals surface area contributed by atoms with Crippen molar-refractivity contribution in [3.63, 3.8) is 0 Å². The standard InChI is InChI=1S/C13H21FN2O/c1-10(15-2)13-11(14)6-5-7-12(13)17-9-8-16(3)4/h5-7,10,15H,8-9H2,1-4H3. The maximum atomic E-state index is 13.7. The van der Waals surface area contributed by atoms with Crippen LogP contribution < -0.4 is 10.1 Å². The highest BCUT2D eigenvalue weighted by atomic mass is 19.1. The third-order valence-electron chi connectivity index (χ3n) is 2.68. The quantitative estimate of drug-likeness (QED) is 0.823. The fraction of sp³-hybridized carbons (Fsp3) is 0.538. The summed E-state index contributed by atoms with van der Waals surface area (Å²) in [7, 11) is 5.76. The van der Waals surface area contributed by atoms with Crippen LogP contribution in [-0.4, -0.2) is 39.2 Å². The van der Waals surface area contributed by atoms with Gasteiger partial charge in [0.05, 0.1) is 0 Å². The van der Waals surface area contributed by atoms with E-state index in [0.717, 1.165) is 6.54 Å². The van der Waals surface area contributed by atoms with Gasteiger partial charge in [-0.1, -0.05) is 6.07 Å². The Bertz CT molecular complexity index is 355. The third kappa shape index (κ3) is 3.98. The zero-order valence-corrected chi connectivity index (χ0v) is 11.0. The number of rotatable bonds is 6.